The minimum Gasteiger partial charge on any atom is -0.280 e. The van der Waals surface area contributed by atoms with E-state index in [1.165, 1.54) is 0 Å². The van der Waals surface area contributed by atoms with Gasteiger partial charge in [0, 0.05) is 6.04 Å². The average Bonchev–Trinajstić information content (AvgIpc) is 1.62. The molecule has 0 saturated carbocycles. The van der Waals surface area contributed by atoms with Crippen LogP contribution >= 0.6 is 6.49 Å². The molecule has 0 aliphatic heterocycles. The second-order valence-corrected chi connectivity index (χ2v) is 5.64. The minimum absolute atomic E-state index is 0.339. The van der Waals surface area contributed by atoms with Crippen molar-refractivity contribution in [2.45, 2.75) is 26.3 Å². The first-order chi connectivity index (χ1) is 3.95. The van der Waals surface area contributed by atoms with Gasteiger partial charge in [-0.25, -0.2) is 0 Å². The molecule has 0 aromatic heterocycles. The van der Waals surface area contributed by atoms with Crippen molar-refractivity contribution in [1.29, 1.82) is 0 Å². The molecule has 9 heavy (non-hydrogen) atoms. The van der Waals surface area contributed by atoms with E-state index < -0.39 is 6.49 Å². The predicted octanol–water partition coefficient (Wildman–Crippen LogP) is 0.516. The summed E-state index contributed by atoms with van der Waals surface area (Å²) in [7, 11) is 0. The molecular weight excluding hydrogens is 153 g/mol. The van der Waals surface area contributed by atoms with E-state index in [2.05, 4.69) is 12.0 Å². The molecule has 0 aromatic carbocycles. The summed E-state index contributed by atoms with van der Waals surface area (Å²) < 4.78 is 0. The van der Waals surface area contributed by atoms with Crippen LogP contribution in [0.15, 0.2) is 0 Å². The maximum absolute atomic E-state index is 5.40. The molecule has 0 radical (unpaired) electrons. The number of rotatable bonds is 3. The molecule has 1 atom stereocenters. The fourth-order valence-corrected chi connectivity index (χ4v) is 1.85. The first-order valence-electron chi connectivity index (χ1n) is 2.90. The third-order valence-corrected chi connectivity index (χ3v) is 2.20. The highest BCUT2D eigenvalue weighted by molar-refractivity contribution is 8.11. The lowest BCUT2D eigenvalue weighted by molar-refractivity contribution is 0.660. The Hall–Kier alpha value is 0.530. The van der Waals surface area contributed by atoms with Gasteiger partial charge in [0.15, 0.2) is 0 Å². The van der Waals surface area contributed by atoms with Crippen molar-refractivity contribution in [3.05, 3.63) is 0 Å². The zero-order chi connectivity index (χ0) is 7.49. The number of nitrogens with two attached hydrogens (primary N) is 2. The molecule has 5 N–H and O–H groups in total. The molecule has 3 nitrogen and oxygen atoms in total. The smallest absolute Gasteiger partial charge is 0.132 e. The van der Waals surface area contributed by atoms with Gasteiger partial charge in [-0.2, -0.15) is 0 Å². The van der Waals surface area contributed by atoms with Gasteiger partial charge in [-0.05, 0) is 25.2 Å². The molecular formula is C4H14N3PS. The summed E-state index contributed by atoms with van der Waals surface area (Å²) in [6, 6.07) is 0.339. The molecule has 5 heteroatoms. The van der Waals surface area contributed by atoms with Gasteiger partial charge in [0.25, 0.3) is 0 Å². The molecule has 0 aliphatic rings. The fraction of sp³-hybridized carbons (Fsp3) is 1.00. The van der Waals surface area contributed by atoms with Crippen LogP contribution in [0.4, 0.5) is 0 Å². The van der Waals surface area contributed by atoms with Gasteiger partial charge >= 0.3 is 0 Å². The van der Waals surface area contributed by atoms with E-state index in [1.54, 1.807) is 0 Å². The standard InChI is InChI=1S/C4H14N3PS/c1-3-4(2)7-8(5,6)9/h4H,3H2,1-2H3,(H5,5,6,7,9). The van der Waals surface area contributed by atoms with Crippen molar-refractivity contribution in [3.8, 4) is 0 Å². The third-order valence-electron chi connectivity index (χ3n) is 1.03. The second kappa shape index (κ2) is 3.64. The molecule has 0 heterocycles. The lowest BCUT2D eigenvalue weighted by Crippen LogP contribution is -2.29. The minimum atomic E-state index is -2.16. The fourth-order valence-electron chi connectivity index (χ4n) is 0.436. The summed E-state index contributed by atoms with van der Waals surface area (Å²) >= 11 is 4.78. The van der Waals surface area contributed by atoms with Crippen molar-refractivity contribution in [3.63, 3.8) is 0 Å². The van der Waals surface area contributed by atoms with Gasteiger partial charge < -0.3 is 0 Å². The van der Waals surface area contributed by atoms with Crippen molar-refractivity contribution in [2.75, 3.05) is 0 Å². The molecule has 0 fully saturated rings. The van der Waals surface area contributed by atoms with E-state index >= 15 is 0 Å². The Morgan fingerprint density at radius 2 is 2.11 bits per heavy atom. The number of hydrogen-bond acceptors (Lipinski definition) is 1. The average molecular weight is 167 g/mol. The highest BCUT2D eigenvalue weighted by atomic mass is 32.4. The Labute approximate surface area is 61.4 Å². The van der Waals surface area contributed by atoms with Crippen LogP contribution < -0.4 is 16.1 Å². The summed E-state index contributed by atoms with van der Waals surface area (Å²) in [6.45, 7) is 1.92. The number of hydrogen-bond donors (Lipinski definition) is 3. The molecule has 0 aromatic rings. The molecule has 0 aliphatic carbocycles. The van der Waals surface area contributed by atoms with Crippen LogP contribution in [0, 0.1) is 0 Å². The maximum atomic E-state index is 5.40. The normalized spacial score (nSPS) is 15.6. The zero-order valence-electron chi connectivity index (χ0n) is 5.79. The molecule has 0 bridgehead atoms. The predicted molar refractivity (Wildman–Crippen MR) is 45.5 cm³/mol. The van der Waals surface area contributed by atoms with E-state index in [0.717, 1.165) is 6.42 Å². The summed E-state index contributed by atoms with van der Waals surface area (Å²) in [6.07, 6.45) is 1.01. The van der Waals surface area contributed by atoms with E-state index in [1.807, 2.05) is 6.92 Å². The highest BCUT2D eigenvalue weighted by Crippen LogP contribution is 2.19. The molecule has 0 amide bonds. The first-order valence-corrected chi connectivity index (χ1v) is 5.84. The molecule has 0 rings (SSSR count). The third kappa shape index (κ3) is 6.41. The van der Waals surface area contributed by atoms with Gasteiger partial charge in [0.1, 0.15) is 6.49 Å². The lowest BCUT2D eigenvalue weighted by atomic mass is 10.3. The molecule has 0 spiro atoms. The van der Waals surface area contributed by atoms with Crippen molar-refractivity contribution < 1.29 is 0 Å². The summed E-state index contributed by atoms with van der Waals surface area (Å²) in [4.78, 5) is 0. The van der Waals surface area contributed by atoms with Crippen LogP contribution in [0.3, 0.4) is 0 Å². The van der Waals surface area contributed by atoms with Crippen LogP contribution in [-0.4, -0.2) is 6.04 Å². The van der Waals surface area contributed by atoms with E-state index in [0.29, 0.717) is 6.04 Å². The van der Waals surface area contributed by atoms with Gasteiger partial charge in [-0.3, -0.25) is 16.1 Å². The number of nitrogens with one attached hydrogen (secondary N) is 1. The van der Waals surface area contributed by atoms with E-state index in [-0.39, 0.29) is 0 Å². The quantitative estimate of drug-likeness (QED) is 0.536. The van der Waals surface area contributed by atoms with Gasteiger partial charge in [0.2, 0.25) is 0 Å². The lowest BCUT2D eigenvalue weighted by Gasteiger charge is -2.17. The van der Waals surface area contributed by atoms with Crippen LogP contribution in [0.2, 0.25) is 0 Å². The Balaban J connectivity index is 3.60. The molecule has 56 valence electrons. The van der Waals surface area contributed by atoms with Gasteiger partial charge in [-0.15, -0.1) is 0 Å². The second-order valence-electron chi connectivity index (χ2n) is 2.15. The SMILES string of the molecule is CCC(C)NP(N)(N)=S. The van der Waals surface area contributed by atoms with Gasteiger partial charge in [0.05, 0.1) is 0 Å². The van der Waals surface area contributed by atoms with E-state index in [4.69, 9.17) is 22.8 Å². The Morgan fingerprint density at radius 1 is 1.67 bits per heavy atom. The zero-order valence-corrected chi connectivity index (χ0v) is 7.51. The molecule has 1 unspecified atom stereocenters. The van der Waals surface area contributed by atoms with Gasteiger partial charge in [-0.1, -0.05) is 6.92 Å². The summed E-state index contributed by atoms with van der Waals surface area (Å²) in [5.41, 5.74) is 10.8. The largest absolute Gasteiger partial charge is 0.280 e. The van der Waals surface area contributed by atoms with Crippen molar-refractivity contribution >= 4 is 18.3 Å². The topological polar surface area (TPSA) is 64.1 Å². The van der Waals surface area contributed by atoms with Crippen LogP contribution in [0.5, 0.6) is 0 Å². The van der Waals surface area contributed by atoms with Crippen LogP contribution in [0.1, 0.15) is 20.3 Å². The first kappa shape index (κ1) is 9.53. The van der Waals surface area contributed by atoms with Crippen LogP contribution in [-0.2, 0) is 11.8 Å². The Kier molecular flexibility index (Phi) is 3.85. The highest BCUT2D eigenvalue weighted by Gasteiger charge is 2.05. The monoisotopic (exact) mass is 167 g/mol. The summed E-state index contributed by atoms with van der Waals surface area (Å²) in [5, 5.41) is 2.95. The van der Waals surface area contributed by atoms with Crippen molar-refractivity contribution in [1.82, 2.24) is 5.09 Å². The van der Waals surface area contributed by atoms with Crippen molar-refractivity contribution in [2.24, 2.45) is 11.0 Å². The molecule has 0 saturated heterocycles. The van der Waals surface area contributed by atoms with Crippen LogP contribution in [0.25, 0.3) is 0 Å². The van der Waals surface area contributed by atoms with E-state index in [9.17, 15) is 0 Å². The Bertz CT molecular complexity index is 121. The maximum Gasteiger partial charge on any atom is 0.132 e. The summed E-state index contributed by atoms with van der Waals surface area (Å²) in [5.74, 6) is 0. The Morgan fingerprint density at radius 3 is 2.22 bits per heavy atom.